The fourth-order valence-electron chi connectivity index (χ4n) is 0.705. The van der Waals surface area contributed by atoms with Crippen LogP contribution in [-0.2, 0) is 6.18 Å². The number of Topliss-reactive ketones (excluding diaryl/α,β-unsaturated/α-hetero) is 1. The molecule has 3 nitrogen and oxygen atoms in total. The quantitative estimate of drug-likeness (QED) is 0.603. The molecule has 78 valence electrons. The second kappa shape index (κ2) is 3.35. The third-order valence-electron chi connectivity index (χ3n) is 1.33. The number of alkyl halides is 5. The van der Waals surface area contributed by atoms with E-state index in [4.69, 9.17) is 0 Å². The summed E-state index contributed by atoms with van der Waals surface area (Å²) in [5.41, 5.74) is -2.26. The largest absolute Gasteiger partial charge is 0.432 e. The molecule has 14 heavy (non-hydrogen) atoms. The van der Waals surface area contributed by atoms with E-state index >= 15 is 0 Å². The summed E-state index contributed by atoms with van der Waals surface area (Å²) in [5, 5.41) is 4.28. The van der Waals surface area contributed by atoms with E-state index in [1.165, 1.54) is 5.10 Å². The number of aromatic nitrogens is 2. The standard InChI is InChI=1S/C6H3F5N2O/c7-5(8)4(14)2-1-3(13-12-2)6(9,10)11/h1,5H,(H,12,13). The van der Waals surface area contributed by atoms with E-state index in [2.05, 4.69) is 5.10 Å². The maximum absolute atomic E-state index is 11.9. The van der Waals surface area contributed by atoms with Crippen LogP contribution >= 0.6 is 0 Å². The summed E-state index contributed by atoms with van der Waals surface area (Å²) in [6.07, 6.45) is -8.09. The first kappa shape index (κ1) is 10.6. The molecule has 0 aliphatic rings. The van der Waals surface area contributed by atoms with Crippen molar-refractivity contribution >= 4 is 5.78 Å². The van der Waals surface area contributed by atoms with Crippen molar-refractivity contribution in [2.24, 2.45) is 0 Å². The minimum Gasteiger partial charge on any atom is -0.286 e. The number of halogens is 5. The Balaban J connectivity index is 2.95. The number of aromatic amines is 1. The molecule has 0 aromatic carbocycles. The van der Waals surface area contributed by atoms with E-state index < -0.39 is 29.8 Å². The number of nitrogens with zero attached hydrogens (tertiary/aromatic N) is 1. The summed E-state index contributed by atoms with van der Waals surface area (Å²) >= 11 is 0. The molecule has 0 spiro atoms. The summed E-state index contributed by atoms with van der Waals surface area (Å²) in [6, 6.07) is 0.245. The third-order valence-corrected chi connectivity index (χ3v) is 1.33. The lowest BCUT2D eigenvalue weighted by molar-refractivity contribution is -0.141. The molecule has 8 heteroatoms. The van der Waals surface area contributed by atoms with Crippen LogP contribution in [0.25, 0.3) is 0 Å². The highest BCUT2D eigenvalue weighted by Crippen LogP contribution is 2.27. The minimum atomic E-state index is -4.73. The topological polar surface area (TPSA) is 45.8 Å². The highest BCUT2D eigenvalue weighted by atomic mass is 19.4. The van der Waals surface area contributed by atoms with E-state index in [9.17, 15) is 26.7 Å². The average Bonchev–Trinajstić information content (AvgIpc) is 2.49. The van der Waals surface area contributed by atoms with Crippen LogP contribution in [0.15, 0.2) is 6.07 Å². The number of carbonyl (C=O) groups excluding carboxylic acids is 1. The molecular formula is C6H3F5N2O. The van der Waals surface area contributed by atoms with Crippen LogP contribution in [0.3, 0.4) is 0 Å². The van der Waals surface area contributed by atoms with Crippen molar-refractivity contribution in [3.8, 4) is 0 Å². The molecule has 0 radical (unpaired) electrons. The van der Waals surface area contributed by atoms with Crippen LogP contribution in [0.5, 0.6) is 0 Å². The molecule has 0 atom stereocenters. The Labute approximate surface area is 73.9 Å². The number of carbonyl (C=O) groups is 1. The van der Waals surface area contributed by atoms with Crippen molar-refractivity contribution in [1.82, 2.24) is 10.2 Å². The molecule has 1 heterocycles. The lowest BCUT2D eigenvalue weighted by atomic mass is 10.2. The van der Waals surface area contributed by atoms with Gasteiger partial charge < -0.3 is 0 Å². The monoisotopic (exact) mass is 214 g/mol. The van der Waals surface area contributed by atoms with Crippen molar-refractivity contribution in [2.45, 2.75) is 12.6 Å². The molecule has 0 unspecified atom stereocenters. The Morgan fingerprint density at radius 2 is 2.00 bits per heavy atom. The Morgan fingerprint density at radius 3 is 2.36 bits per heavy atom. The highest BCUT2D eigenvalue weighted by molar-refractivity contribution is 5.96. The van der Waals surface area contributed by atoms with Crippen molar-refractivity contribution in [3.05, 3.63) is 17.5 Å². The summed E-state index contributed by atoms with van der Waals surface area (Å²) < 4.78 is 59.2. The van der Waals surface area contributed by atoms with Gasteiger partial charge >= 0.3 is 12.6 Å². The van der Waals surface area contributed by atoms with Gasteiger partial charge in [0.05, 0.1) is 0 Å². The van der Waals surface area contributed by atoms with E-state index in [-0.39, 0.29) is 6.07 Å². The Hall–Kier alpha value is -1.47. The molecule has 0 saturated heterocycles. The number of H-pyrrole nitrogens is 1. The molecule has 0 aliphatic heterocycles. The van der Waals surface area contributed by atoms with Crippen LogP contribution in [-0.4, -0.2) is 22.4 Å². The van der Waals surface area contributed by atoms with Gasteiger partial charge in [-0.25, -0.2) is 8.78 Å². The van der Waals surface area contributed by atoms with E-state index in [0.29, 0.717) is 0 Å². The van der Waals surface area contributed by atoms with Gasteiger partial charge in [-0.1, -0.05) is 0 Å². The van der Waals surface area contributed by atoms with Crippen molar-refractivity contribution in [1.29, 1.82) is 0 Å². The Bertz CT molecular complexity index is 342. The van der Waals surface area contributed by atoms with Gasteiger partial charge in [-0.3, -0.25) is 9.89 Å². The first-order valence-electron chi connectivity index (χ1n) is 3.27. The number of hydrogen-bond donors (Lipinski definition) is 1. The number of rotatable bonds is 2. The molecule has 1 aromatic rings. The molecule has 1 aromatic heterocycles. The Morgan fingerprint density at radius 1 is 1.43 bits per heavy atom. The second-order valence-corrected chi connectivity index (χ2v) is 2.33. The first-order valence-corrected chi connectivity index (χ1v) is 3.27. The van der Waals surface area contributed by atoms with Crippen molar-refractivity contribution in [2.75, 3.05) is 0 Å². The number of ketones is 1. The van der Waals surface area contributed by atoms with Gasteiger partial charge in [0.15, 0.2) is 0 Å². The lowest BCUT2D eigenvalue weighted by Crippen LogP contribution is -2.10. The average molecular weight is 214 g/mol. The van der Waals surface area contributed by atoms with Crippen molar-refractivity contribution in [3.63, 3.8) is 0 Å². The molecule has 0 aliphatic carbocycles. The van der Waals surface area contributed by atoms with E-state index in [1.54, 1.807) is 0 Å². The summed E-state index contributed by atoms with van der Waals surface area (Å²) in [5.74, 6) is -1.74. The number of hydrogen-bond acceptors (Lipinski definition) is 2. The third kappa shape index (κ3) is 2.06. The molecule has 0 amide bonds. The summed E-state index contributed by atoms with van der Waals surface area (Å²) in [4.78, 5) is 10.5. The molecule has 0 fully saturated rings. The normalized spacial score (nSPS) is 12.1. The van der Waals surface area contributed by atoms with E-state index in [0.717, 1.165) is 0 Å². The predicted octanol–water partition coefficient (Wildman–Crippen LogP) is 1.88. The number of nitrogens with one attached hydrogen (secondary N) is 1. The molecule has 0 saturated carbocycles. The van der Waals surface area contributed by atoms with Crippen LogP contribution in [0.4, 0.5) is 22.0 Å². The zero-order valence-corrected chi connectivity index (χ0v) is 6.40. The summed E-state index contributed by atoms with van der Waals surface area (Å²) in [6.45, 7) is 0. The second-order valence-electron chi connectivity index (χ2n) is 2.33. The van der Waals surface area contributed by atoms with Gasteiger partial charge in [0.1, 0.15) is 11.4 Å². The lowest BCUT2D eigenvalue weighted by Gasteiger charge is -1.99. The highest BCUT2D eigenvalue weighted by Gasteiger charge is 2.34. The van der Waals surface area contributed by atoms with Crippen LogP contribution in [0.2, 0.25) is 0 Å². The van der Waals surface area contributed by atoms with Crippen molar-refractivity contribution < 1.29 is 26.7 Å². The van der Waals surface area contributed by atoms with Gasteiger partial charge in [-0.05, 0) is 6.07 Å². The Kier molecular flexibility index (Phi) is 2.54. The van der Waals surface area contributed by atoms with Gasteiger partial charge in [-0.15, -0.1) is 0 Å². The van der Waals surface area contributed by atoms with Gasteiger partial charge in [-0.2, -0.15) is 18.3 Å². The molecule has 0 bridgehead atoms. The van der Waals surface area contributed by atoms with Gasteiger partial charge in [0.2, 0.25) is 5.78 Å². The maximum Gasteiger partial charge on any atom is 0.432 e. The summed E-state index contributed by atoms with van der Waals surface area (Å²) in [7, 11) is 0. The minimum absolute atomic E-state index is 0.245. The van der Waals surface area contributed by atoms with Gasteiger partial charge in [0.25, 0.3) is 0 Å². The van der Waals surface area contributed by atoms with Crippen LogP contribution in [0, 0.1) is 0 Å². The van der Waals surface area contributed by atoms with Crippen LogP contribution in [0.1, 0.15) is 16.2 Å². The zero-order chi connectivity index (χ0) is 10.9. The predicted molar refractivity (Wildman–Crippen MR) is 33.9 cm³/mol. The smallest absolute Gasteiger partial charge is 0.286 e. The first-order chi connectivity index (χ1) is 6.32. The molecular weight excluding hydrogens is 211 g/mol. The van der Waals surface area contributed by atoms with Gasteiger partial charge in [0, 0.05) is 0 Å². The van der Waals surface area contributed by atoms with Crippen LogP contribution < -0.4 is 0 Å². The fraction of sp³-hybridized carbons (Fsp3) is 0.333. The molecule has 1 N–H and O–H groups in total. The molecule has 1 rings (SSSR count). The SMILES string of the molecule is O=C(c1cc(C(F)(F)F)[nH]n1)C(F)F. The fourth-order valence-corrected chi connectivity index (χ4v) is 0.705. The zero-order valence-electron chi connectivity index (χ0n) is 6.40. The maximum atomic E-state index is 11.9. The van der Waals surface area contributed by atoms with E-state index in [1.807, 2.05) is 0 Å².